The maximum Gasteiger partial charge on any atom is 0.233 e. The van der Waals surface area contributed by atoms with Crippen molar-refractivity contribution in [1.29, 1.82) is 0 Å². The Balaban J connectivity index is 1.69. The zero-order chi connectivity index (χ0) is 15.8. The molecular weight excluding hydrogens is 300 g/mol. The highest BCUT2D eigenvalue weighted by Gasteiger charge is 2.15. The maximum atomic E-state index is 12.1. The number of ether oxygens (including phenoxy) is 2. The van der Waals surface area contributed by atoms with Gasteiger partial charge in [-0.1, -0.05) is 0 Å². The van der Waals surface area contributed by atoms with Crippen LogP contribution < -0.4 is 10.1 Å². The first-order valence-corrected chi connectivity index (χ1v) is 8.45. The fourth-order valence-corrected chi connectivity index (χ4v) is 3.11. The molecule has 0 bridgehead atoms. The summed E-state index contributed by atoms with van der Waals surface area (Å²) in [5, 5.41) is 2.89. The summed E-state index contributed by atoms with van der Waals surface area (Å²) in [6.07, 6.45) is 0. The van der Waals surface area contributed by atoms with E-state index in [1.807, 2.05) is 31.2 Å². The van der Waals surface area contributed by atoms with Gasteiger partial charge in [0.25, 0.3) is 0 Å². The van der Waals surface area contributed by atoms with Gasteiger partial charge in [-0.25, -0.2) is 0 Å². The number of morpholine rings is 1. The third-order valence-electron chi connectivity index (χ3n) is 3.57. The smallest absolute Gasteiger partial charge is 0.233 e. The Kier molecular flexibility index (Phi) is 7.02. The number of nitrogens with one attached hydrogen (secondary N) is 1. The third kappa shape index (κ3) is 5.51. The number of hydrogen-bond donors (Lipinski definition) is 1. The van der Waals surface area contributed by atoms with Crippen molar-refractivity contribution in [3.05, 3.63) is 24.3 Å². The monoisotopic (exact) mass is 324 g/mol. The van der Waals surface area contributed by atoms with Crippen LogP contribution in [0.15, 0.2) is 29.2 Å². The number of thioether (sulfide) groups is 1. The summed E-state index contributed by atoms with van der Waals surface area (Å²) in [6, 6.07) is 7.76. The van der Waals surface area contributed by atoms with Crippen LogP contribution >= 0.6 is 11.8 Å². The predicted octanol–water partition coefficient (Wildman–Crippen LogP) is 1.62. The van der Waals surface area contributed by atoms with Crippen LogP contribution in [0.25, 0.3) is 0 Å². The molecule has 1 heterocycles. The summed E-state index contributed by atoms with van der Waals surface area (Å²) in [5.41, 5.74) is 0. The van der Waals surface area contributed by atoms with Crippen LogP contribution in [0.2, 0.25) is 0 Å². The van der Waals surface area contributed by atoms with Gasteiger partial charge < -0.3 is 14.8 Å². The van der Waals surface area contributed by atoms with Gasteiger partial charge in [0.1, 0.15) is 5.75 Å². The van der Waals surface area contributed by atoms with E-state index in [0.717, 1.165) is 43.5 Å². The molecule has 1 aliphatic rings. The number of rotatable bonds is 7. The lowest BCUT2D eigenvalue weighted by molar-refractivity contribution is -0.120. The molecule has 5 nitrogen and oxygen atoms in total. The number of amides is 1. The summed E-state index contributed by atoms with van der Waals surface area (Å²) in [4.78, 5) is 15.5. The van der Waals surface area contributed by atoms with Gasteiger partial charge in [-0.2, -0.15) is 0 Å². The van der Waals surface area contributed by atoms with E-state index in [4.69, 9.17) is 9.47 Å². The molecule has 0 aliphatic carbocycles. The molecule has 2 rings (SSSR count). The lowest BCUT2D eigenvalue weighted by Crippen LogP contribution is -2.42. The SMILES string of the molecule is COc1ccc(S[C@@H](C)C(=O)NCCN2CCOCC2)cc1. The first kappa shape index (κ1) is 17.1. The van der Waals surface area contributed by atoms with Gasteiger partial charge in [0.2, 0.25) is 5.91 Å². The molecule has 6 heteroatoms. The van der Waals surface area contributed by atoms with E-state index in [0.29, 0.717) is 6.54 Å². The minimum absolute atomic E-state index is 0.0778. The lowest BCUT2D eigenvalue weighted by Gasteiger charge is -2.26. The summed E-state index contributed by atoms with van der Waals surface area (Å²) in [5.74, 6) is 0.904. The molecule has 1 aromatic rings. The fourth-order valence-electron chi connectivity index (χ4n) is 2.22. The van der Waals surface area contributed by atoms with Crippen molar-refractivity contribution in [1.82, 2.24) is 10.2 Å². The molecule has 0 saturated carbocycles. The van der Waals surface area contributed by atoms with Crippen molar-refractivity contribution < 1.29 is 14.3 Å². The van der Waals surface area contributed by atoms with Gasteiger partial charge in [-0.3, -0.25) is 9.69 Å². The van der Waals surface area contributed by atoms with Crippen LogP contribution in [0.4, 0.5) is 0 Å². The highest BCUT2D eigenvalue weighted by molar-refractivity contribution is 8.00. The van der Waals surface area contributed by atoms with Crippen LogP contribution in [0, 0.1) is 0 Å². The summed E-state index contributed by atoms with van der Waals surface area (Å²) >= 11 is 1.56. The largest absolute Gasteiger partial charge is 0.497 e. The Hall–Kier alpha value is -1.24. The van der Waals surface area contributed by atoms with Crippen LogP contribution in [0.1, 0.15) is 6.92 Å². The summed E-state index contributed by atoms with van der Waals surface area (Å²) in [7, 11) is 1.65. The average Bonchev–Trinajstić information content (AvgIpc) is 2.56. The topological polar surface area (TPSA) is 50.8 Å². The lowest BCUT2D eigenvalue weighted by atomic mass is 10.3. The molecule has 1 atom stereocenters. The van der Waals surface area contributed by atoms with Crippen LogP contribution in [-0.2, 0) is 9.53 Å². The Labute approximate surface area is 136 Å². The van der Waals surface area contributed by atoms with Crippen molar-refractivity contribution in [3.8, 4) is 5.75 Å². The first-order valence-electron chi connectivity index (χ1n) is 7.57. The predicted molar refractivity (Wildman–Crippen MR) is 88.6 cm³/mol. The highest BCUT2D eigenvalue weighted by atomic mass is 32.2. The Morgan fingerprint density at radius 2 is 2.05 bits per heavy atom. The molecule has 22 heavy (non-hydrogen) atoms. The van der Waals surface area contributed by atoms with Crippen molar-refractivity contribution >= 4 is 17.7 Å². The van der Waals surface area contributed by atoms with E-state index in [9.17, 15) is 4.79 Å². The van der Waals surface area contributed by atoms with Gasteiger partial charge in [0.15, 0.2) is 0 Å². The molecule has 1 fully saturated rings. The number of methoxy groups -OCH3 is 1. The molecule has 0 aromatic heterocycles. The van der Waals surface area contributed by atoms with Crippen molar-refractivity contribution in [2.24, 2.45) is 0 Å². The molecule has 1 aliphatic heterocycles. The second kappa shape index (κ2) is 9.02. The van der Waals surface area contributed by atoms with Gasteiger partial charge in [0.05, 0.1) is 25.6 Å². The second-order valence-electron chi connectivity index (χ2n) is 5.18. The van der Waals surface area contributed by atoms with E-state index in [1.165, 1.54) is 0 Å². The highest BCUT2D eigenvalue weighted by Crippen LogP contribution is 2.25. The minimum Gasteiger partial charge on any atom is -0.497 e. The molecule has 0 spiro atoms. The van der Waals surface area contributed by atoms with Crippen molar-refractivity contribution in [2.45, 2.75) is 17.1 Å². The first-order chi connectivity index (χ1) is 10.7. The molecule has 1 N–H and O–H groups in total. The van der Waals surface area contributed by atoms with Crippen molar-refractivity contribution in [2.75, 3.05) is 46.5 Å². The zero-order valence-corrected chi connectivity index (χ0v) is 14.0. The van der Waals surface area contributed by atoms with E-state index in [1.54, 1.807) is 18.9 Å². The Morgan fingerprint density at radius 1 is 1.36 bits per heavy atom. The second-order valence-corrected chi connectivity index (χ2v) is 6.59. The molecular formula is C16H24N2O3S. The standard InChI is InChI=1S/C16H24N2O3S/c1-13(22-15-5-3-14(20-2)4-6-15)16(19)17-7-8-18-9-11-21-12-10-18/h3-6,13H,7-12H2,1-2H3,(H,17,19)/t13-/m0/s1. The summed E-state index contributed by atoms with van der Waals surface area (Å²) in [6.45, 7) is 6.98. The number of hydrogen-bond acceptors (Lipinski definition) is 5. The molecule has 0 unspecified atom stereocenters. The van der Waals surface area contributed by atoms with Gasteiger partial charge in [-0.05, 0) is 31.2 Å². The summed E-state index contributed by atoms with van der Waals surface area (Å²) < 4.78 is 10.4. The molecule has 1 aromatic carbocycles. The van der Waals surface area contributed by atoms with Crippen LogP contribution in [0.3, 0.4) is 0 Å². The molecule has 1 amide bonds. The van der Waals surface area contributed by atoms with Crippen LogP contribution in [0.5, 0.6) is 5.75 Å². The normalized spacial score (nSPS) is 17.0. The van der Waals surface area contributed by atoms with E-state index < -0.39 is 0 Å². The molecule has 122 valence electrons. The van der Waals surface area contributed by atoms with Gasteiger partial charge in [0, 0.05) is 31.1 Å². The number of carbonyl (C=O) groups excluding carboxylic acids is 1. The third-order valence-corrected chi connectivity index (χ3v) is 4.68. The number of benzene rings is 1. The van der Waals surface area contributed by atoms with E-state index in [2.05, 4.69) is 10.2 Å². The Bertz CT molecular complexity index is 461. The number of carbonyl (C=O) groups is 1. The van der Waals surface area contributed by atoms with E-state index >= 15 is 0 Å². The molecule has 0 radical (unpaired) electrons. The van der Waals surface area contributed by atoms with Crippen LogP contribution in [-0.4, -0.2) is 62.6 Å². The fraction of sp³-hybridized carbons (Fsp3) is 0.562. The van der Waals surface area contributed by atoms with Gasteiger partial charge in [-0.15, -0.1) is 11.8 Å². The Morgan fingerprint density at radius 3 is 2.68 bits per heavy atom. The van der Waals surface area contributed by atoms with Crippen molar-refractivity contribution in [3.63, 3.8) is 0 Å². The maximum absolute atomic E-state index is 12.1. The zero-order valence-electron chi connectivity index (χ0n) is 13.2. The average molecular weight is 324 g/mol. The number of nitrogens with zero attached hydrogens (tertiary/aromatic N) is 1. The van der Waals surface area contributed by atoms with E-state index in [-0.39, 0.29) is 11.2 Å². The molecule has 1 saturated heterocycles. The van der Waals surface area contributed by atoms with Gasteiger partial charge >= 0.3 is 0 Å². The quantitative estimate of drug-likeness (QED) is 0.773. The minimum atomic E-state index is -0.113.